The Hall–Kier alpha value is -2.68. The summed E-state index contributed by atoms with van der Waals surface area (Å²) in [6.45, 7) is 0. The Morgan fingerprint density at radius 3 is 2.36 bits per heavy atom. The number of nitro benzene ring substituents is 1. The van der Waals surface area contributed by atoms with Crippen molar-refractivity contribution in [2.75, 3.05) is 0 Å². The largest absolute Gasteiger partial charge is 0.451 e. The second kappa shape index (κ2) is 6.67. The van der Waals surface area contributed by atoms with E-state index in [1.807, 2.05) is 0 Å². The summed E-state index contributed by atoms with van der Waals surface area (Å²) in [5, 5.41) is 11.4. The van der Waals surface area contributed by atoms with E-state index in [0.29, 0.717) is 11.1 Å². The molecule has 0 saturated heterocycles. The van der Waals surface area contributed by atoms with E-state index < -0.39 is 16.9 Å². The average molecular weight is 365 g/mol. The minimum atomic E-state index is -4.63. The van der Waals surface area contributed by atoms with Gasteiger partial charge >= 0.3 is 6.18 Å². The molecule has 0 fully saturated rings. The maximum atomic E-state index is 13.0. The average Bonchev–Trinajstić information content (AvgIpc) is 2.59. The molecule has 3 aromatic rings. The summed E-state index contributed by atoms with van der Waals surface area (Å²) in [5.41, 5.74) is 0.920. The number of halogens is 3. The number of nitro groups is 1. The molecular formula is C16H10F3N3O2S. The molecule has 3 rings (SSSR count). The summed E-state index contributed by atoms with van der Waals surface area (Å²) in [7, 11) is 0. The van der Waals surface area contributed by atoms with Gasteiger partial charge in [-0.25, -0.2) is 9.97 Å². The number of hydrogen-bond donors (Lipinski definition) is 0. The lowest BCUT2D eigenvalue weighted by Gasteiger charge is -2.10. The topological polar surface area (TPSA) is 68.9 Å². The molecule has 0 radical (unpaired) electrons. The molecule has 0 atom stereocenters. The van der Waals surface area contributed by atoms with Crippen molar-refractivity contribution in [1.29, 1.82) is 0 Å². The fourth-order valence-electron chi connectivity index (χ4n) is 2.15. The van der Waals surface area contributed by atoms with Crippen molar-refractivity contribution < 1.29 is 18.1 Å². The third-order valence-electron chi connectivity index (χ3n) is 3.34. The number of fused-ring (bicyclic) bond motifs is 1. The lowest BCUT2D eigenvalue weighted by Crippen LogP contribution is -2.11. The first kappa shape index (κ1) is 17.2. The molecule has 25 heavy (non-hydrogen) atoms. The van der Waals surface area contributed by atoms with Gasteiger partial charge in [-0.3, -0.25) is 10.1 Å². The van der Waals surface area contributed by atoms with E-state index in [2.05, 4.69) is 9.97 Å². The highest BCUT2D eigenvalue weighted by molar-refractivity contribution is 7.98. The molecule has 1 heterocycles. The van der Waals surface area contributed by atoms with E-state index in [1.54, 1.807) is 30.3 Å². The number of thioether (sulfide) groups is 1. The Labute approximate surface area is 144 Å². The number of aromatic nitrogens is 2. The number of benzene rings is 2. The molecule has 2 aromatic carbocycles. The normalized spacial score (nSPS) is 11.6. The van der Waals surface area contributed by atoms with Crippen LogP contribution in [0.3, 0.4) is 0 Å². The van der Waals surface area contributed by atoms with Crippen LogP contribution in [0.5, 0.6) is 0 Å². The highest BCUT2D eigenvalue weighted by Crippen LogP contribution is 2.33. The first-order valence-electron chi connectivity index (χ1n) is 7.05. The molecule has 0 N–H and O–H groups in total. The first-order chi connectivity index (χ1) is 11.8. The Kier molecular flexibility index (Phi) is 4.58. The van der Waals surface area contributed by atoms with Crippen molar-refractivity contribution in [2.45, 2.75) is 17.0 Å². The summed E-state index contributed by atoms with van der Waals surface area (Å²) >= 11 is 1.13. The van der Waals surface area contributed by atoms with Gasteiger partial charge in [0, 0.05) is 23.3 Å². The van der Waals surface area contributed by atoms with Gasteiger partial charge in [0.1, 0.15) is 5.03 Å². The summed E-state index contributed by atoms with van der Waals surface area (Å²) in [4.78, 5) is 17.4. The standard InChI is InChI=1S/C16H10F3N3O2S/c17-16(18,19)15-20-13-4-2-1-3-12(13)14(21-15)25-9-10-5-7-11(8-6-10)22(23)24/h1-8H,9H2. The zero-order valence-corrected chi connectivity index (χ0v) is 13.3. The lowest BCUT2D eigenvalue weighted by atomic mass is 10.2. The second-order valence-corrected chi connectivity index (χ2v) is 6.04. The van der Waals surface area contributed by atoms with Crippen molar-refractivity contribution in [3.8, 4) is 0 Å². The smallest absolute Gasteiger partial charge is 0.258 e. The molecular weight excluding hydrogens is 355 g/mol. The van der Waals surface area contributed by atoms with Crippen molar-refractivity contribution in [3.63, 3.8) is 0 Å². The zero-order chi connectivity index (χ0) is 18.0. The highest BCUT2D eigenvalue weighted by Gasteiger charge is 2.35. The van der Waals surface area contributed by atoms with E-state index >= 15 is 0 Å². The molecule has 0 aliphatic rings. The van der Waals surface area contributed by atoms with Gasteiger partial charge < -0.3 is 0 Å². The summed E-state index contributed by atoms with van der Waals surface area (Å²) in [6.07, 6.45) is -4.63. The van der Waals surface area contributed by atoms with Crippen LogP contribution in [0.25, 0.3) is 10.9 Å². The first-order valence-corrected chi connectivity index (χ1v) is 8.03. The van der Waals surface area contributed by atoms with Crippen LogP contribution >= 0.6 is 11.8 Å². The Morgan fingerprint density at radius 2 is 1.72 bits per heavy atom. The number of non-ortho nitro benzene ring substituents is 1. The minimum absolute atomic E-state index is 0.0411. The molecule has 0 aliphatic heterocycles. The monoisotopic (exact) mass is 365 g/mol. The van der Waals surface area contributed by atoms with Gasteiger partial charge in [-0.2, -0.15) is 13.2 Å². The van der Waals surface area contributed by atoms with Gasteiger partial charge in [0.05, 0.1) is 10.4 Å². The van der Waals surface area contributed by atoms with Crippen LogP contribution in [0.4, 0.5) is 18.9 Å². The molecule has 5 nitrogen and oxygen atoms in total. The molecule has 1 aromatic heterocycles. The van der Waals surface area contributed by atoms with E-state index in [-0.39, 0.29) is 16.2 Å². The van der Waals surface area contributed by atoms with Gasteiger partial charge in [-0.1, -0.05) is 30.3 Å². The predicted octanol–water partition coefficient (Wildman–Crippen LogP) is 4.85. The van der Waals surface area contributed by atoms with E-state index in [0.717, 1.165) is 17.3 Å². The molecule has 0 saturated carbocycles. The predicted molar refractivity (Wildman–Crippen MR) is 87.2 cm³/mol. The Bertz CT molecular complexity index is 930. The summed E-state index contributed by atoms with van der Waals surface area (Å²) in [6, 6.07) is 12.3. The highest BCUT2D eigenvalue weighted by atomic mass is 32.2. The molecule has 128 valence electrons. The van der Waals surface area contributed by atoms with Gasteiger partial charge in [-0.15, -0.1) is 11.8 Å². The minimum Gasteiger partial charge on any atom is -0.258 e. The summed E-state index contributed by atoms with van der Waals surface area (Å²) in [5.74, 6) is -0.853. The van der Waals surface area contributed by atoms with Crippen molar-refractivity contribution in [2.24, 2.45) is 0 Å². The van der Waals surface area contributed by atoms with E-state index in [1.165, 1.54) is 18.2 Å². The number of rotatable bonds is 4. The van der Waals surface area contributed by atoms with E-state index in [9.17, 15) is 23.3 Å². The fraction of sp³-hybridized carbons (Fsp3) is 0.125. The molecule has 0 spiro atoms. The zero-order valence-electron chi connectivity index (χ0n) is 12.5. The van der Waals surface area contributed by atoms with Crippen LogP contribution in [-0.2, 0) is 11.9 Å². The third-order valence-corrected chi connectivity index (χ3v) is 4.41. The molecule has 0 bridgehead atoms. The van der Waals surface area contributed by atoms with Crippen LogP contribution in [0.2, 0.25) is 0 Å². The molecule has 0 unspecified atom stereocenters. The number of alkyl halides is 3. The van der Waals surface area contributed by atoms with E-state index in [4.69, 9.17) is 0 Å². The second-order valence-electron chi connectivity index (χ2n) is 5.08. The molecule has 9 heteroatoms. The van der Waals surface area contributed by atoms with Gasteiger partial charge in [0.15, 0.2) is 0 Å². The van der Waals surface area contributed by atoms with Crippen molar-refractivity contribution >= 4 is 28.4 Å². The number of para-hydroxylation sites is 1. The summed E-state index contributed by atoms with van der Waals surface area (Å²) < 4.78 is 38.9. The van der Waals surface area contributed by atoms with Gasteiger partial charge in [0.25, 0.3) is 5.69 Å². The number of hydrogen-bond acceptors (Lipinski definition) is 5. The maximum absolute atomic E-state index is 13.0. The van der Waals surface area contributed by atoms with Crippen LogP contribution in [0, 0.1) is 10.1 Å². The van der Waals surface area contributed by atoms with Gasteiger partial charge in [-0.05, 0) is 11.6 Å². The van der Waals surface area contributed by atoms with Crippen LogP contribution < -0.4 is 0 Å². The third kappa shape index (κ3) is 3.87. The van der Waals surface area contributed by atoms with Crippen molar-refractivity contribution in [1.82, 2.24) is 9.97 Å². The van der Waals surface area contributed by atoms with Crippen LogP contribution in [-0.4, -0.2) is 14.9 Å². The number of nitrogens with zero attached hydrogens (tertiary/aromatic N) is 3. The molecule has 0 amide bonds. The Morgan fingerprint density at radius 1 is 1.04 bits per heavy atom. The van der Waals surface area contributed by atoms with Crippen LogP contribution in [0.15, 0.2) is 53.6 Å². The lowest BCUT2D eigenvalue weighted by molar-refractivity contribution is -0.384. The quantitative estimate of drug-likeness (QED) is 0.286. The molecule has 0 aliphatic carbocycles. The van der Waals surface area contributed by atoms with Crippen molar-refractivity contribution in [3.05, 3.63) is 70.0 Å². The van der Waals surface area contributed by atoms with Crippen LogP contribution in [0.1, 0.15) is 11.4 Å². The maximum Gasteiger partial charge on any atom is 0.451 e. The Balaban J connectivity index is 1.91. The fourth-order valence-corrected chi connectivity index (χ4v) is 3.12. The SMILES string of the molecule is O=[N+]([O-])c1ccc(CSc2nc(C(F)(F)F)nc3ccccc23)cc1. The van der Waals surface area contributed by atoms with Gasteiger partial charge in [0.2, 0.25) is 5.82 Å².